The van der Waals surface area contributed by atoms with Gasteiger partial charge in [-0.1, -0.05) is 267 Å². The number of hydrogen-bond donors (Lipinski definition) is 0. The van der Waals surface area contributed by atoms with Crippen LogP contribution >= 0.6 is 0 Å². The number of benzene rings is 15. The summed E-state index contributed by atoms with van der Waals surface area (Å²) in [7, 11) is 0. The molecule has 0 aliphatic carbocycles. The maximum atomic E-state index is 5.23. The number of pyridine rings is 2. The average molecular weight is 1270 g/mol. The van der Waals surface area contributed by atoms with Gasteiger partial charge in [0.25, 0.3) is 0 Å². The van der Waals surface area contributed by atoms with Crippen LogP contribution in [0.3, 0.4) is 0 Å². The average Bonchev–Trinajstić information content (AvgIpc) is 0.721. The molecule has 0 unspecified atom stereocenters. The molecule has 0 saturated heterocycles. The van der Waals surface area contributed by atoms with Crippen LogP contribution in [0, 0.1) is 0 Å². The summed E-state index contributed by atoms with van der Waals surface area (Å²) in [5.41, 5.74) is 16.3. The number of fused-ring (bicyclic) bond motifs is 14. The molecule has 7 heteroatoms. The molecule has 19 aromatic rings. The second-order valence-electron chi connectivity index (χ2n) is 25.1. The van der Waals surface area contributed by atoms with Crippen molar-refractivity contribution in [2.45, 2.75) is 0 Å². The zero-order valence-electron chi connectivity index (χ0n) is 54.2. The molecule has 7 nitrogen and oxygen atoms in total. The molecule has 0 amide bonds. The van der Waals surface area contributed by atoms with Gasteiger partial charge in [-0.3, -0.25) is 9.97 Å². The van der Waals surface area contributed by atoms with Gasteiger partial charge < -0.3 is 0 Å². The Kier molecular flexibility index (Phi) is 15.1. The molecule has 15 aromatic carbocycles. The summed E-state index contributed by atoms with van der Waals surface area (Å²) in [5.74, 6) is 2.58. The van der Waals surface area contributed by atoms with Crippen molar-refractivity contribution in [2.24, 2.45) is 0 Å². The normalized spacial score (nSPS) is 11.4. The summed E-state index contributed by atoms with van der Waals surface area (Å²) in [4.78, 5) is 34.3. The van der Waals surface area contributed by atoms with Crippen molar-refractivity contribution < 1.29 is 0 Å². The van der Waals surface area contributed by atoms with E-state index < -0.39 is 0 Å². The molecule has 466 valence electrons. The van der Waals surface area contributed by atoms with E-state index in [9.17, 15) is 0 Å². The fourth-order valence-electron chi connectivity index (χ4n) is 14.4. The smallest absolute Gasteiger partial charge is 0.164 e. The molecule has 0 bridgehead atoms. The summed E-state index contributed by atoms with van der Waals surface area (Å²) in [6.07, 6.45) is 7.47. The molecular weight excluding hydrogens is 1220 g/mol. The molecule has 4 aromatic heterocycles. The quantitative estimate of drug-likeness (QED) is 0.126. The summed E-state index contributed by atoms with van der Waals surface area (Å²) < 4.78 is 0. The fraction of sp³-hybridized carbons (Fsp3) is 0. The Hall–Kier alpha value is -13.5. The Morgan fingerprint density at radius 3 is 0.980 bits per heavy atom. The van der Waals surface area contributed by atoms with E-state index in [2.05, 4.69) is 247 Å². The fourth-order valence-corrected chi connectivity index (χ4v) is 14.4. The van der Waals surface area contributed by atoms with Crippen LogP contribution in [0.5, 0.6) is 0 Å². The Bertz CT molecular complexity index is 6160. The van der Waals surface area contributed by atoms with Gasteiger partial charge in [-0.2, -0.15) is 0 Å². The lowest BCUT2D eigenvalue weighted by molar-refractivity contribution is 1.07. The van der Waals surface area contributed by atoms with E-state index in [1.807, 2.05) is 116 Å². The van der Waals surface area contributed by atoms with Crippen molar-refractivity contribution in [3.8, 4) is 113 Å². The first kappa shape index (κ1) is 59.0. The van der Waals surface area contributed by atoms with Gasteiger partial charge in [0.1, 0.15) is 0 Å². The molecule has 0 aliphatic rings. The summed E-state index contributed by atoms with van der Waals surface area (Å²) in [6, 6.07) is 118. The van der Waals surface area contributed by atoms with E-state index in [1.54, 1.807) is 6.20 Å². The maximum Gasteiger partial charge on any atom is 0.164 e. The summed E-state index contributed by atoms with van der Waals surface area (Å²) >= 11 is 0. The number of nitrogens with zero attached hydrogens (tertiary/aromatic N) is 7. The third-order valence-electron chi connectivity index (χ3n) is 19.1. The summed E-state index contributed by atoms with van der Waals surface area (Å²) in [5, 5.41) is 17.6. The van der Waals surface area contributed by atoms with E-state index in [0.717, 1.165) is 83.7 Å². The minimum Gasteiger partial charge on any atom is -0.264 e. The topological polar surface area (TPSA) is 90.2 Å². The first-order valence-electron chi connectivity index (χ1n) is 33.6. The first-order valence-corrected chi connectivity index (χ1v) is 33.6. The van der Waals surface area contributed by atoms with Crippen LogP contribution in [0.4, 0.5) is 0 Å². The lowest BCUT2D eigenvalue weighted by Crippen LogP contribution is -2.00. The van der Waals surface area contributed by atoms with Crippen molar-refractivity contribution >= 4 is 75.4 Å². The number of aromatic nitrogens is 7. The van der Waals surface area contributed by atoms with Crippen LogP contribution in [-0.2, 0) is 0 Å². The van der Waals surface area contributed by atoms with Gasteiger partial charge >= 0.3 is 0 Å². The molecular formula is C93H59N7. The van der Waals surface area contributed by atoms with Gasteiger partial charge in [0.2, 0.25) is 0 Å². The summed E-state index contributed by atoms with van der Waals surface area (Å²) in [6.45, 7) is 0. The Morgan fingerprint density at radius 1 is 0.160 bits per heavy atom. The maximum absolute atomic E-state index is 5.23. The van der Waals surface area contributed by atoms with Crippen molar-refractivity contribution in [1.82, 2.24) is 34.9 Å². The number of hydrogen-bond acceptors (Lipinski definition) is 7. The third kappa shape index (κ3) is 11.1. The minimum atomic E-state index is 0.618. The van der Waals surface area contributed by atoms with Crippen LogP contribution in [0.2, 0.25) is 0 Å². The molecule has 0 aliphatic heterocycles. The largest absolute Gasteiger partial charge is 0.264 e. The highest BCUT2D eigenvalue weighted by Crippen LogP contribution is 2.45. The van der Waals surface area contributed by atoms with Crippen molar-refractivity contribution in [2.75, 3.05) is 0 Å². The molecule has 19 rings (SSSR count). The zero-order chi connectivity index (χ0) is 66.3. The molecule has 0 N–H and O–H groups in total. The molecule has 0 radical (unpaired) electrons. The Morgan fingerprint density at radius 2 is 0.490 bits per heavy atom. The van der Waals surface area contributed by atoms with E-state index in [1.165, 1.54) is 81.0 Å². The van der Waals surface area contributed by atoms with Crippen molar-refractivity contribution in [1.29, 1.82) is 0 Å². The molecule has 100 heavy (non-hydrogen) atoms. The standard InChI is InChI=1S/C49H31N3.C44H28N4/c1-3-14-32(15-4-1)46-30-47(52-49(51-46)33-16-5-2-6-17-33)37-27-35(34-18-13-25-50-31-34)26-36(28-37)44-29-45-40-21-8-7-19-38(40)39-20-9-11-23-42(39)48(45)43-24-12-10-22-41(43)44;1-3-12-29(13-4-1)42-46-43(30-14-5-2-6-15-30)48-44(47-42)35-25-33(24-34(26-35)32-16-11-23-45-28-32)31-21-22-40-38-19-8-7-17-36(38)37-18-9-10-20-39(37)41(40)27-31/h1-31H;1-28H. The zero-order valence-corrected chi connectivity index (χ0v) is 54.2. The van der Waals surface area contributed by atoms with E-state index in [0.29, 0.717) is 23.3 Å². The third-order valence-corrected chi connectivity index (χ3v) is 19.1. The van der Waals surface area contributed by atoms with E-state index >= 15 is 0 Å². The lowest BCUT2D eigenvalue weighted by atomic mass is 9.86. The van der Waals surface area contributed by atoms with Gasteiger partial charge in [0.05, 0.1) is 11.4 Å². The second-order valence-corrected chi connectivity index (χ2v) is 25.1. The molecule has 0 fully saturated rings. The Balaban J connectivity index is 0.000000145. The first-order chi connectivity index (χ1) is 49.6. The molecule has 0 atom stereocenters. The van der Waals surface area contributed by atoms with E-state index in [-0.39, 0.29) is 0 Å². The van der Waals surface area contributed by atoms with Gasteiger partial charge in [-0.05, 0) is 176 Å². The van der Waals surface area contributed by atoms with Gasteiger partial charge in [-0.25, -0.2) is 24.9 Å². The SMILES string of the molecule is c1ccc(-c2cc(-c3cc(-c4cccnc4)cc(-c4cc5c6ccccc6c6ccccc6c5c5ccccc45)c3)nc(-c3ccccc3)n2)cc1.c1ccc(-c2nc(-c3ccccc3)nc(-c3cc(-c4cccnc4)cc(-c4ccc5c6ccccc6c6ccccc6c5c4)c3)n2)cc1. The van der Waals surface area contributed by atoms with Crippen molar-refractivity contribution in [3.05, 3.63) is 358 Å². The Labute approximate surface area is 577 Å². The van der Waals surface area contributed by atoms with Crippen LogP contribution in [0.25, 0.3) is 188 Å². The second kappa shape index (κ2) is 25.6. The van der Waals surface area contributed by atoms with Gasteiger partial charge in [0, 0.05) is 69.3 Å². The lowest BCUT2D eigenvalue weighted by Gasteiger charge is -2.17. The predicted molar refractivity (Wildman–Crippen MR) is 414 cm³/mol. The van der Waals surface area contributed by atoms with Gasteiger partial charge in [-0.15, -0.1) is 0 Å². The van der Waals surface area contributed by atoms with E-state index in [4.69, 9.17) is 24.9 Å². The van der Waals surface area contributed by atoms with Crippen LogP contribution < -0.4 is 0 Å². The van der Waals surface area contributed by atoms with Crippen LogP contribution in [-0.4, -0.2) is 34.9 Å². The monoisotopic (exact) mass is 1270 g/mol. The highest BCUT2D eigenvalue weighted by atomic mass is 15.0. The molecule has 4 heterocycles. The molecule has 0 spiro atoms. The number of rotatable bonds is 10. The molecule has 0 saturated carbocycles. The highest BCUT2D eigenvalue weighted by Gasteiger charge is 2.21. The minimum absolute atomic E-state index is 0.618. The van der Waals surface area contributed by atoms with Crippen molar-refractivity contribution in [3.63, 3.8) is 0 Å². The van der Waals surface area contributed by atoms with Crippen LogP contribution in [0.1, 0.15) is 0 Å². The predicted octanol–water partition coefficient (Wildman–Crippen LogP) is 23.9. The van der Waals surface area contributed by atoms with Crippen LogP contribution in [0.15, 0.2) is 358 Å². The van der Waals surface area contributed by atoms with Gasteiger partial charge in [0.15, 0.2) is 23.3 Å². The highest BCUT2D eigenvalue weighted by molar-refractivity contribution is 6.33.